The number of likely N-dealkylation sites (tertiary alicyclic amines) is 1. The van der Waals surface area contributed by atoms with Crippen LogP contribution < -0.4 is 20.7 Å². The number of carbonyl (C=O) groups excluding carboxylic acids is 1. The number of nitrogen functional groups attached to an aromatic ring is 1. The highest BCUT2D eigenvalue weighted by atomic mass is 16.5. The summed E-state index contributed by atoms with van der Waals surface area (Å²) < 4.78 is 6.14. The summed E-state index contributed by atoms with van der Waals surface area (Å²) in [7, 11) is 0. The van der Waals surface area contributed by atoms with Gasteiger partial charge < -0.3 is 20.7 Å². The molecule has 2 aliphatic carbocycles. The fourth-order valence-electron chi connectivity index (χ4n) is 6.01. The van der Waals surface area contributed by atoms with Crippen molar-refractivity contribution in [2.75, 3.05) is 35.6 Å². The Hall–Kier alpha value is -2.87. The SMILES string of the molecule is C[C@H]1[C@H]2C[C@@H](Oc3nc(N)c4c(n3)N(Cc3cccc(CN5CCCC5)c3)CC(=O)N4)C[C@@H]12. The number of hydrogen-bond donors (Lipinski definition) is 2. The zero-order valence-electron chi connectivity index (χ0n) is 19.2. The minimum atomic E-state index is -0.107. The van der Waals surface area contributed by atoms with E-state index in [9.17, 15) is 4.79 Å². The van der Waals surface area contributed by atoms with Gasteiger partial charge >= 0.3 is 6.01 Å². The first-order valence-corrected chi connectivity index (χ1v) is 12.2. The molecule has 33 heavy (non-hydrogen) atoms. The number of benzene rings is 1. The normalized spacial score (nSPS) is 28.4. The quantitative estimate of drug-likeness (QED) is 0.701. The van der Waals surface area contributed by atoms with Crippen molar-refractivity contribution in [2.24, 2.45) is 17.8 Å². The Morgan fingerprint density at radius 2 is 1.85 bits per heavy atom. The lowest BCUT2D eigenvalue weighted by Crippen LogP contribution is -2.39. The molecule has 174 valence electrons. The maximum atomic E-state index is 12.4. The lowest BCUT2D eigenvalue weighted by molar-refractivity contribution is -0.115. The van der Waals surface area contributed by atoms with Crippen LogP contribution >= 0.6 is 0 Å². The Kier molecular flexibility index (Phi) is 5.13. The van der Waals surface area contributed by atoms with Crippen LogP contribution in [0.5, 0.6) is 6.01 Å². The Bertz CT molecular complexity index is 1060. The van der Waals surface area contributed by atoms with Crippen molar-refractivity contribution in [1.29, 1.82) is 0 Å². The van der Waals surface area contributed by atoms with Crippen molar-refractivity contribution < 1.29 is 9.53 Å². The molecule has 3 heterocycles. The second-order valence-corrected chi connectivity index (χ2v) is 10.2. The van der Waals surface area contributed by atoms with E-state index in [1.807, 2.05) is 4.90 Å². The number of amides is 1. The van der Waals surface area contributed by atoms with Gasteiger partial charge in [0.1, 0.15) is 11.8 Å². The first-order valence-electron chi connectivity index (χ1n) is 12.2. The molecule has 6 rings (SSSR count). The molecule has 3 N–H and O–H groups in total. The Labute approximate surface area is 194 Å². The molecular formula is C25H32N6O2. The van der Waals surface area contributed by atoms with Crippen molar-refractivity contribution in [2.45, 2.75) is 51.8 Å². The van der Waals surface area contributed by atoms with Gasteiger partial charge in [0.15, 0.2) is 11.6 Å². The molecular weight excluding hydrogens is 416 g/mol. The molecule has 0 unspecified atom stereocenters. The number of hydrogen-bond acceptors (Lipinski definition) is 7. The molecule has 0 spiro atoms. The lowest BCUT2D eigenvalue weighted by atomic mass is 10.1. The van der Waals surface area contributed by atoms with Gasteiger partial charge in [-0.2, -0.15) is 9.97 Å². The average Bonchev–Trinajstić information content (AvgIpc) is 3.19. The molecule has 8 nitrogen and oxygen atoms in total. The van der Waals surface area contributed by atoms with Gasteiger partial charge in [-0.3, -0.25) is 9.69 Å². The highest BCUT2D eigenvalue weighted by Crippen LogP contribution is 2.57. The molecule has 2 saturated carbocycles. The monoisotopic (exact) mass is 448 g/mol. The van der Waals surface area contributed by atoms with Crippen LogP contribution in [0, 0.1) is 17.8 Å². The number of nitrogens with one attached hydrogen (secondary N) is 1. The van der Waals surface area contributed by atoms with Gasteiger partial charge in [0.2, 0.25) is 5.91 Å². The molecule has 1 amide bonds. The number of ether oxygens (including phenoxy) is 1. The maximum absolute atomic E-state index is 12.4. The Morgan fingerprint density at radius 3 is 2.61 bits per heavy atom. The third-order valence-corrected chi connectivity index (χ3v) is 7.87. The molecule has 8 heteroatoms. The van der Waals surface area contributed by atoms with E-state index in [2.05, 4.69) is 46.4 Å². The number of aromatic nitrogens is 2. The average molecular weight is 449 g/mol. The smallest absolute Gasteiger partial charge is 0.320 e. The lowest BCUT2D eigenvalue weighted by Gasteiger charge is -2.30. The highest BCUT2D eigenvalue weighted by molar-refractivity contribution is 6.03. The van der Waals surface area contributed by atoms with E-state index in [-0.39, 0.29) is 24.4 Å². The number of rotatable bonds is 6. The first kappa shape index (κ1) is 20.7. The summed E-state index contributed by atoms with van der Waals surface area (Å²) in [5.41, 5.74) is 9.16. The number of anilines is 3. The predicted octanol–water partition coefficient (Wildman–Crippen LogP) is 3.04. The minimum Gasteiger partial charge on any atom is -0.460 e. The van der Waals surface area contributed by atoms with Crippen molar-refractivity contribution in [1.82, 2.24) is 14.9 Å². The van der Waals surface area contributed by atoms with E-state index in [0.29, 0.717) is 24.1 Å². The number of nitrogens with two attached hydrogens (primary N) is 1. The Morgan fingerprint density at radius 1 is 1.12 bits per heavy atom. The van der Waals surface area contributed by atoms with Crippen LogP contribution in [-0.4, -0.2) is 46.5 Å². The van der Waals surface area contributed by atoms with Crippen molar-refractivity contribution in [3.63, 3.8) is 0 Å². The van der Waals surface area contributed by atoms with Crippen LogP contribution in [0.15, 0.2) is 24.3 Å². The van der Waals surface area contributed by atoms with Gasteiger partial charge in [0, 0.05) is 13.1 Å². The minimum absolute atomic E-state index is 0.107. The summed E-state index contributed by atoms with van der Waals surface area (Å²) in [4.78, 5) is 25.9. The zero-order chi connectivity index (χ0) is 22.5. The van der Waals surface area contributed by atoms with E-state index >= 15 is 0 Å². The van der Waals surface area contributed by atoms with Crippen LogP contribution in [0.2, 0.25) is 0 Å². The molecule has 2 aliphatic heterocycles. The van der Waals surface area contributed by atoms with Crippen LogP contribution in [0.3, 0.4) is 0 Å². The standard InChI is InChI=1S/C25H32N6O2/c1-15-19-10-18(11-20(15)19)33-25-28-23(26)22-24(29-25)31(14-21(32)27-22)13-17-6-4-5-16(9-17)12-30-7-2-3-8-30/h4-6,9,15,18-20H,2-3,7-8,10-14H2,1H3,(H,27,32)(H2,26,28,29)/t15-,18+,19+,20-. The van der Waals surface area contributed by atoms with E-state index < -0.39 is 0 Å². The van der Waals surface area contributed by atoms with Crippen molar-refractivity contribution >= 4 is 23.2 Å². The molecule has 4 atom stereocenters. The summed E-state index contributed by atoms with van der Waals surface area (Å²) in [6.07, 6.45) is 4.85. The van der Waals surface area contributed by atoms with E-state index in [4.69, 9.17) is 15.5 Å². The molecule has 3 fully saturated rings. The number of fused-ring (bicyclic) bond motifs is 2. The van der Waals surface area contributed by atoms with Crippen LogP contribution in [-0.2, 0) is 17.9 Å². The summed E-state index contributed by atoms with van der Waals surface area (Å²) >= 11 is 0. The molecule has 0 radical (unpaired) electrons. The molecule has 4 aliphatic rings. The topological polar surface area (TPSA) is 96.6 Å². The van der Waals surface area contributed by atoms with E-state index in [1.165, 1.54) is 31.5 Å². The van der Waals surface area contributed by atoms with Gasteiger partial charge in [-0.05, 0) is 67.7 Å². The largest absolute Gasteiger partial charge is 0.460 e. The van der Waals surface area contributed by atoms with Crippen LogP contribution in [0.25, 0.3) is 0 Å². The molecule has 2 aromatic rings. The fraction of sp³-hybridized carbons (Fsp3) is 0.560. The van der Waals surface area contributed by atoms with Crippen molar-refractivity contribution in [3.05, 3.63) is 35.4 Å². The Balaban J connectivity index is 1.21. The molecule has 1 aromatic carbocycles. The fourth-order valence-corrected chi connectivity index (χ4v) is 6.01. The van der Waals surface area contributed by atoms with Gasteiger partial charge in [-0.25, -0.2) is 0 Å². The zero-order valence-corrected chi connectivity index (χ0v) is 19.2. The maximum Gasteiger partial charge on any atom is 0.320 e. The number of carbonyl (C=O) groups is 1. The third-order valence-electron chi connectivity index (χ3n) is 7.87. The highest BCUT2D eigenvalue weighted by Gasteiger charge is 2.54. The van der Waals surface area contributed by atoms with Crippen molar-refractivity contribution in [3.8, 4) is 6.01 Å². The summed E-state index contributed by atoms with van der Waals surface area (Å²) in [6.45, 7) is 6.44. The summed E-state index contributed by atoms with van der Waals surface area (Å²) in [5.74, 6) is 3.18. The molecule has 1 aromatic heterocycles. The molecule has 1 saturated heterocycles. The van der Waals surface area contributed by atoms with E-state index in [1.54, 1.807) is 0 Å². The molecule has 0 bridgehead atoms. The summed E-state index contributed by atoms with van der Waals surface area (Å²) in [5, 5.41) is 2.85. The van der Waals surface area contributed by atoms with Crippen LogP contribution in [0.1, 0.15) is 43.7 Å². The van der Waals surface area contributed by atoms with Crippen LogP contribution in [0.4, 0.5) is 17.3 Å². The first-order chi connectivity index (χ1) is 16.0. The number of nitrogens with zero attached hydrogens (tertiary/aromatic N) is 4. The van der Waals surface area contributed by atoms with E-state index in [0.717, 1.165) is 42.7 Å². The summed E-state index contributed by atoms with van der Waals surface area (Å²) in [6, 6.07) is 8.93. The predicted molar refractivity (Wildman–Crippen MR) is 127 cm³/mol. The van der Waals surface area contributed by atoms with Gasteiger partial charge in [-0.15, -0.1) is 0 Å². The van der Waals surface area contributed by atoms with Gasteiger partial charge in [-0.1, -0.05) is 31.2 Å². The van der Waals surface area contributed by atoms with Gasteiger partial charge in [0.05, 0.1) is 6.54 Å². The van der Waals surface area contributed by atoms with Gasteiger partial charge in [0.25, 0.3) is 0 Å². The third kappa shape index (κ3) is 4.12. The second kappa shape index (κ2) is 8.17. The second-order valence-electron chi connectivity index (χ2n) is 10.2.